The third-order valence-corrected chi connectivity index (χ3v) is 3.49. The maximum atomic E-state index is 11.9. The van der Waals surface area contributed by atoms with Gasteiger partial charge >= 0.3 is 0 Å². The van der Waals surface area contributed by atoms with Gasteiger partial charge in [0.05, 0.1) is 25.3 Å². The van der Waals surface area contributed by atoms with Crippen LogP contribution in [0.25, 0.3) is 0 Å². The molecule has 0 atom stereocenters. The molecule has 5 nitrogen and oxygen atoms in total. The summed E-state index contributed by atoms with van der Waals surface area (Å²) in [5, 5.41) is 3.32. The summed E-state index contributed by atoms with van der Waals surface area (Å²) in [5.74, 6) is 0.579. The fourth-order valence-electron chi connectivity index (χ4n) is 2.05. The molecule has 1 aliphatic rings. The minimum atomic E-state index is -0.0160. The average molecular weight is 299 g/mol. The molecule has 1 amide bonds. The first-order valence-corrected chi connectivity index (χ1v) is 7.00. The Bertz CT molecular complexity index is 462. The molecule has 0 radical (unpaired) electrons. The lowest BCUT2D eigenvalue weighted by molar-refractivity contribution is -0.116. The van der Waals surface area contributed by atoms with Crippen molar-refractivity contribution in [2.24, 2.45) is 0 Å². The van der Waals surface area contributed by atoms with Crippen molar-refractivity contribution >= 4 is 23.2 Å². The van der Waals surface area contributed by atoms with Crippen LogP contribution in [-0.4, -0.2) is 50.8 Å². The van der Waals surface area contributed by atoms with Crippen molar-refractivity contribution in [2.75, 3.05) is 45.3 Å². The van der Waals surface area contributed by atoms with Crippen LogP contribution in [0, 0.1) is 0 Å². The number of nitrogens with zero attached hydrogens (tertiary/aromatic N) is 1. The fourth-order valence-corrected chi connectivity index (χ4v) is 2.31. The van der Waals surface area contributed by atoms with Crippen LogP contribution >= 0.6 is 11.6 Å². The predicted octanol–water partition coefficient (Wildman–Crippen LogP) is 2.01. The quantitative estimate of drug-likeness (QED) is 0.903. The molecule has 0 unspecified atom stereocenters. The molecule has 1 aliphatic heterocycles. The Morgan fingerprint density at radius 2 is 2.20 bits per heavy atom. The standard InChI is InChI=1S/C14H19ClN2O3/c1-19-13-3-2-11(10-12(13)15)16-14(18)4-5-17-6-8-20-9-7-17/h2-3,10H,4-9H2,1H3,(H,16,18). The van der Waals surface area contributed by atoms with E-state index in [2.05, 4.69) is 10.2 Å². The third-order valence-electron chi connectivity index (χ3n) is 3.19. The maximum absolute atomic E-state index is 11.9. The van der Waals surface area contributed by atoms with Crippen molar-refractivity contribution in [3.05, 3.63) is 23.2 Å². The summed E-state index contributed by atoms with van der Waals surface area (Å²) in [4.78, 5) is 14.1. The summed E-state index contributed by atoms with van der Waals surface area (Å²) < 4.78 is 10.3. The predicted molar refractivity (Wildman–Crippen MR) is 78.5 cm³/mol. The normalized spacial score (nSPS) is 15.9. The van der Waals surface area contributed by atoms with Crippen LogP contribution in [0.15, 0.2) is 18.2 Å². The molecular formula is C14H19ClN2O3. The number of ether oxygens (including phenoxy) is 2. The molecule has 0 aliphatic carbocycles. The van der Waals surface area contributed by atoms with Crippen molar-refractivity contribution in [1.29, 1.82) is 0 Å². The summed E-state index contributed by atoms with van der Waals surface area (Å²) >= 11 is 6.01. The molecule has 0 spiro atoms. The Kier molecular flexibility index (Phi) is 5.64. The highest BCUT2D eigenvalue weighted by Gasteiger charge is 2.12. The average Bonchev–Trinajstić information content (AvgIpc) is 2.46. The second-order valence-corrected chi connectivity index (χ2v) is 5.01. The van der Waals surface area contributed by atoms with E-state index in [0.717, 1.165) is 32.8 Å². The second-order valence-electron chi connectivity index (χ2n) is 4.60. The number of amides is 1. The van der Waals surface area contributed by atoms with Gasteiger partial charge in [0.25, 0.3) is 0 Å². The summed E-state index contributed by atoms with van der Waals surface area (Å²) in [6.45, 7) is 4.02. The zero-order chi connectivity index (χ0) is 14.4. The van der Waals surface area contributed by atoms with Gasteiger partial charge in [0.15, 0.2) is 0 Å². The minimum Gasteiger partial charge on any atom is -0.495 e. The number of carbonyl (C=O) groups is 1. The molecule has 0 bridgehead atoms. The van der Waals surface area contributed by atoms with Crippen molar-refractivity contribution in [2.45, 2.75) is 6.42 Å². The van der Waals surface area contributed by atoms with E-state index in [9.17, 15) is 4.79 Å². The van der Waals surface area contributed by atoms with Gasteiger partial charge in [-0.25, -0.2) is 0 Å². The summed E-state index contributed by atoms with van der Waals surface area (Å²) in [5.41, 5.74) is 0.683. The van der Waals surface area contributed by atoms with E-state index < -0.39 is 0 Å². The maximum Gasteiger partial charge on any atom is 0.225 e. The van der Waals surface area contributed by atoms with Gasteiger partial charge in [0.1, 0.15) is 5.75 Å². The van der Waals surface area contributed by atoms with E-state index in [1.807, 2.05) is 0 Å². The van der Waals surface area contributed by atoms with Gasteiger partial charge in [-0.15, -0.1) is 0 Å². The molecule has 2 rings (SSSR count). The molecular weight excluding hydrogens is 280 g/mol. The van der Waals surface area contributed by atoms with Crippen LogP contribution in [0.1, 0.15) is 6.42 Å². The fraction of sp³-hybridized carbons (Fsp3) is 0.500. The highest BCUT2D eigenvalue weighted by Crippen LogP contribution is 2.27. The van der Waals surface area contributed by atoms with Gasteiger partial charge in [0.2, 0.25) is 5.91 Å². The SMILES string of the molecule is COc1ccc(NC(=O)CCN2CCOCC2)cc1Cl. The molecule has 1 aromatic carbocycles. The van der Waals surface area contributed by atoms with Gasteiger partial charge in [0, 0.05) is 31.7 Å². The number of benzene rings is 1. The smallest absolute Gasteiger partial charge is 0.225 e. The van der Waals surface area contributed by atoms with E-state index in [0.29, 0.717) is 22.9 Å². The number of morpholine rings is 1. The largest absolute Gasteiger partial charge is 0.495 e. The van der Waals surface area contributed by atoms with Gasteiger partial charge in [-0.2, -0.15) is 0 Å². The van der Waals surface area contributed by atoms with E-state index in [1.165, 1.54) is 0 Å². The molecule has 1 N–H and O–H groups in total. The number of carbonyl (C=O) groups excluding carboxylic acids is 1. The van der Waals surface area contributed by atoms with Gasteiger partial charge in [-0.1, -0.05) is 11.6 Å². The second kappa shape index (κ2) is 7.47. The first-order valence-electron chi connectivity index (χ1n) is 6.62. The van der Waals surface area contributed by atoms with Gasteiger partial charge < -0.3 is 14.8 Å². The van der Waals surface area contributed by atoms with Crippen LogP contribution in [0.2, 0.25) is 5.02 Å². The van der Waals surface area contributed by atoms with Crippen molar-refractivity contribution in [3.8, 4) is 5.75 Å². The number of anilines is 1. The van der Waals surface area contributed by atoms with Crippen LogP contribution in [0.5, 0.6) is 5.75 Å². The molecule has 1 saturated heterocycles. The van der Waals surface area contributed by atoms with E-state index >= 15 is 0 Å². The zero-order valence-corrected chi connectivity index (χ0v) is 12.3. The number of hydrogen-bond donors (Lipinski definition) is 1. The van der Waals surface area contributed by atoms with Crippen molar-refractivity contribution in [1.82, 2.24) is 4.90 Å². The summed E-state index contributed by atoms with van der Waals surface area (Å²) in [6.07, 6.45) is 0.462. The lowest BCUT2D eigenvalue weighted by Gasteiger charge is -2.26. The molecule has 1 aromatic rings. The summed E-state index contributed by atoms with van der Waals surface area (Å²) in [6, 6.07) is 5.20. The van der Waals surface area contributed by atoms with Crippen molar-refractivity contribution in [3.63, 3.8) is 0 Å². The van der Waals surface area contributed by atoms with Crippen LogP contribution in [0.4, 0.5) is 5.69 Å². The molecule has 0 saturated carbocycles. The minimum absolute atomic E-state index is 0.0160. The number of methoxy groups -OCH3 is 1. The van der Waals surface area contributed by atoms with E-state index in [-0.39, 0.29) is 5.91 Å². The summed E-state index contributed by atoms with van der Waals surface area (Å²) in [7, 11) is 1.56. The Balaban J connectivity index is 1.80. The Labute approximate surface area is 123 Å². The number of rotatable bonds is 5. The molecule has 6 heteroatoms. The number of nitrogens with one attached hydrogen (secondary N) is 1. The Hall–Kier alpha value is -1.30. The lowest BCUT2D eigenvalue weighted by Crippen LogP contribution is -2.38. The third kappa shape index (κ3) is 4.37. The highest BCUT2D eigenvalue weighted by atomic mass is 35.5. The monoisotopic (exact) mass is 298 g/mol. The first-order chi connectivity index (χ1) is 9.69. The highest BCUT2D eigenvalue weighted by molar-refractivity contribution is 6.32. The molecule has 110 valence electrons. The zero-order valence-electron chi connectivity index (χ0n) is 11.5. The van der Waals surface area contributed by atoms with Crippen LogP contribution in [0.3, 0.4) is 0 Å². The van der Waals surface area contributed by atoms with Crippen LogP contribution < -0.4 is 10.1 Å². The lowest BCUT2D eigenvalue weighted by atomic mass is 10.2. The molecule has 0 aromatic heterocycles. The Morgan fingerprint density at radius 3 is 2.85 bits per heavy atom. The molecule has 20 heavy (non-hydrogen) atoms. The van der Waals surface area contributed by atoms with Gasteiger partial charge in [-0.3, -0.25) is 9.69 Å². The molecule has 1 heterocycles. The Morgan fingerprint density at radius 1 is 1.45 bits per heavy atom. The molecule has 1 fully saturated rings. The van der Waals surface area contributed by atoms with Gasteiger partial charge in [-0.05, 0) is 18.2 Å². The van der Waals surface area contributed by atoms with Crippen molar-refractivity contribution < 1.29 is 14.3 Å². The van der Waals surface area contributed by atoms with E-state index in [1.54, 1.807) is 25.3 Å². The number of hydrogen-bond acceptors (Lipinski definition) is 4. The van der Waals surface area contributed by atoms with E-state index in [4.69, 9.17) is 21.1 Å². The first kappa shape index (κ1) is 15.1. The van der Waals surface area contributed by atoms with Crippen LogP contribution in [-0.2, 0) is 9.53 Å². The topological polar surface area (TPSA) is 50.8 Å². The number of halogens is 1.